The first kappa shape index (κ1) is 24.2. The SMILES string of the molecule is Cc1ccc(CN(Cc2ccccc2)C(=O)CN(CC2CCCO2)C(=O)Cc2ccccc2)s1. The Balaban J connectivity index is 1.50. The van der Waals surface area contributed by atoms with Crippen molar-refractivity contribution in [1.29, 1.82) is 0 Å². The smallest absolute Gasteiger partial charge is 0.242 e. The van der Waals surface area contributed by atoms with E-state index in [1.807, 2.05) is 65.6 Å². The summed E-state index contributed by atoms with van der Waals surface area (Å²) in [7, 11) is 0. The van der Waals surface area contributed by atoms with E-state index in [1.165, 1.54) is 4.88 Å². The van der Waals surface area contributed by atoms with Crippen LogP contribution in [0.2, 0.25) is 0 Å². The number of aryl methyl sites for hydroxylation is 1. The molecule has 0 bridgehead atoms. The number of nitrogens with zero attached hydrogens (tertiary/aromatic N) is 2. The second-order valence-electron chi connectivity index (χ2n) is 8.82. The van der Waals surface area contributed by atoms with Crippen LogP contribution in [0.3, 0.4) is 0 Å². The van der Waals surface area contributed by atoms with Gasteiger partial charge in [-0.25, -0.2) is 0 Å². The molecule has 2 heterocycles. The maximum atomic E-state index is 13.6. The quantitative estimate of drug-likeness (QED) is 0.421. The van der Waals surface area contributed by atoms with E-state index in [0.717, 1.165) is 35.5 Å². The Kier molecular flexibility index (Phi) is 8.50. The van der Waals surface area contributed by atoms with E-state index in [9.17, 15) is 9.59 Å². The van der Waals surface area contributed by atoms with Crippen molar-refractivity contribution in [3.8, 4) is 0 Å². The van der Waals surface area contributed by atoms with Gasteiger partial charge in [0.15, 0.2) is 0 Å². The van der Waals surface area contributed by atoms with Gasteiger partial charge in [-0.2, -0.15) is 0 Å². The Morgan fingerprint density at radius 2 is 1.59 bits per heavy atom. The van der Waals surface area contributed by atoms with E-state index in [-0.39, 0.29) is 30.9 Å². The summed E-state index contributed by atoms with van der Waals surface area (Å²) >= 11 is 1.70. The lowest BCUT2D eigenvalue weighted by Crippen LogP contribution is -2.45. The molecule has 3 aromatic rings. The fraction of sp³-hybridized carbons (Fsp3) is 0.357. The number of amides is 2. The molecule has 1 aliphatic rings. The molecule has 1 aromatic heterocycles. The summed E-state index contributed by atoms with van der Waals surface area (Å²) in [4.78, 5) is 32.8. The number of thiophene rings is 1. The lowest BCUT2D eigenvalue weighted by Gasteiger charge is -2.29. The van der Waals surface area contributed by atoms with Crippen molar-refractivity contribution in [1.82, 2.24) is 9.80 Å². The average Bonchev–Trinajstić information content (AvgIpc) is 3.51. The molecular weight excluding hydrogens is 444 g/mol. The number of hydrogen-bond acceptors (Lipinski definition) is 4. The summed E-state index contributed by atoms with van der Waals surface area (Å²) in [5.41, 5.74) is 2.03. The van der Waals surface area contributed by atoms with Crippen LogP contribution in [0, 0.1) is 6.92 Å². The molecule has 1 aliphatic heterocycles. The minimum Gasteiger partial charge on any atom is -0.376 e. The third-order valence-corrected chi connectivity index (χ3v) is 7.02. The van der Waals surface area contributed by atoms with E-state index < -0.39 is 0 Å². The van der Waals surface area contributed by atoms with Crippen LogP contribution >= 0.6 is 11.3 Å². The van der Waals surface area contributed by atoms with Crippen molar-refractivity contribution < 1.29 is 14.3 Å². The molecule has 2 amide bonds. The normalized spacial score (nSPS) is 15.3. The maximum absolute atomic E-state index is 13.6. The third kappa shape index (κ3) is 7.02. The summed E-state index contributed by atoms with van der Waals surface area (Å²) < 4.78 is 5.80. The van der Waals surface area contributed by atoms with Crippen molar-refractivity contribution in [3.05, 3.63) is 93.7 Å². The molecule has 2 aromatic carbocycles. The number of ether oxygens (including phenoxy) is 1. The van der Waals surface area contributed by atoms with E-state index in [1.54, 1.807) is 16.2 Å². The molecule has 1 fully saturated rings. The highest BCUT2D eigenvalue weighted by atomic mass is 32.1. The van der Waals surface area contributed by atoms with E-state index in [2.05, 4.69) is 19.1 Å². The number of rotatable bonds is 10. The predicted molar refractivity (Wildman–Crippen MR) is 135 cm³/mol. The molecule has 178 valence electrons. The van der Waals surface area contributed by atoms with Crippen molar-refractivity contribution in [2.45, 2.75) is 45.4 Å². The van der Waals surface area contributed by atoms with Crippen LogP contribution in [0.5, 0.6) is 0 Å². The Morgan fingerprint density at radius 3 is 2.21 bits per heavy atom. The van der Waals surface area contributed by atoms with Crippen molar-refractivity contribution in [2.75, 3.05) is 19.7 Å². The fourth-order valence-corrected chi connectivity index (χ4v) is 5.13. The summed E-state index contributed by atoms with van der Waals surface area (Å²) in [6, 6.07) is 23.9. The molecule has 5 nitrogen and oxygen atoms in total. The third-order valence-electron chi connectivity index (χ3n) is 6.04. The monoisotopic (exact) mass is 476 g/mol. The highest BCUT2D eigenvalue weighted by molar-refractivity contribution is 7.11. The van der Waals surface area contributed by atoms with Crippen molar-refractivity contribution in [2.24, 2.45) is 0 Å². The maximum Gasteiger partial charge on any atom is 0.242 e. The molecule has 1 atom stereocenters. The zero-order chi connectivity index (χ0) is 23.8. The van der Waals surface area contributed by atoms with Gasteiger partial charge in [-0.3, -0.25) is 9.59 Å². The summed E-state index contributed by atoms with van der Waals surface area (Å²) in [6.45, 7) is 4.35. The lowest BCUT2D eigenvalue weighted by atomic mass is 10.1. The first-order chi connectivity index (χ1) is 16.6. The Hall–Kier alpha value is -2.96. The van der Waals surface area contributed by atoms with Crippen molar-refractivity contribution >= 4 is 23.2 Å². The van der Waals surface area contributed by atoms with Crippen molar-refractivity contribution in [3.63, 3.8) is 0 Å². The molecule has 0 radical (unpaired) electrons. The van der Waals surface area contributed by atoms with Crippen LogP contribution in [-0.4, -0.2) is 47.4 Å². The Morgan fingerprint density at radius 1 is 0.882 bits per heavy atom. The van der Waals surface area contributed by atoms with E-state index in [0.29, 0.717) is 19.6 Å². The van der Waals surface area contributed by atoms with Crippen LogP contribution in [0.15, 0.2) is 72.8 Å². The minimum atomic E-state index is -0.0469. The van der Waals surface area contributed by atoms with Gasteiger partial charge in [0.05, 0.1) is 25.6 Å². The molecular formula is C28H32N2O3S. The zero-order valence-electron chi connectivity index (χ0n) is 19.7. The van der Waals surface area contributed by atoms with E-state index >= 15 is 0 Å². The van der Waals surface area contributed by atoms with Crippen LogP contribution in [0.25, 0.3) is 0 Å². The summed E-state index contributed by atoms with van der Waals surface area (Å²) in [6.07, 6.45) is 2.20. The summed E-state index contributed by atoms with van der Waals surface area (Å²) in [5, 5.41) is 0. The number of carbonyl (C=O) groups excluding carboxylic acids is 2. The molecule has 0 N–H and O–H groups in total. The van der Waals surface area contributed by atoms with Gasteiger partial charge in [-0.15, -0.1) is 11.3 Å². The van der Waals surface area contributed by atoms with Crippen LogP contribution in [0.4, 0.5) is 0 Å². The molecule has 1 unspecified atom stereocenters. The number of hydrogen-bond donors (Lipinski definition) is 0. The van der Waals surface area contributed by atoms with Crippen LogP contribution in [-0.2, 0) is 33.8 Å². The van der Waals surface area contributed by atoms with Gasteiger partial charge in [-0.1, -0.05) is 60.7 Å². The van der Waals surface area contributed by atoms with Gasteiger partial charge >= 0.3 is 0 Å². The zero-order valence-corrected chi connectivity index (χ0v) is 20.5. The predicted octanol–water partition coefficient (Wildman–Crippen LogP) is 4.84. The molecule has 1 saturated heterocycles. The molecule has 0 spiro atoms. The molecule has 34 heavy (non-hydrogen) atoms. The first-order valence-corrected chi connectivity index (χ1v) is 12.7. The molecule has 4 rings (SSSR count). The average molecular weight is 477 g/mol. The minimum absolute atomic E-state index is 0.00459. The standard InChI is InChI=1S/C28H32N2O3S/c1-22-14-15-26(34-22)20-29(18-24-11-6-3-7-12-24)28(32)21-30(19-25-13-8-16-33-25)27(31)17-23-9-4-2-5-10-23/h2-7,9-12,14-15,25H,8,13,16-21H2,1H3. The van der Waals surface area contributed by atoms with Gasteiger partial charge in [0.25, 0.3) is 0 Å². The number of carbonyl (C=O) groups is 2. The Labute approximate surface area is 206 Å². The van der Waals surface area contributed by atoms with Gasteiger partial charge in [0, 0.05) is 29.5 Å². The molecule has 0 aliphatic carbocycles. The number of benzene rings is 2. The van der Waals surface area contributed by atoms with Gasteiger partial charge in [0.2, 0.25) is 11.8 Å². The molecule has 0 saturated carbocycles. The highest BCUT2D eigenvalue weighted by Crippen LogP contribution is 2.20. The largest absolute Gasteiger partial charge is 0.376 e. The van der Waals surface area contributed by atoms with Gasteiger partial charge in [0.1, 0.15) is 0 Å². The second kappa shape index (κ2) is 12.0. The fourth-order valence-electron chi connectivity index (χ4n) is 4.23. The Bertz CT molecular complexity index is 1060. The summed E-state index contributed by atoms with van der Waals surface area (Å²) in [5.74, 6) is -0.0870. The topological polar surface area (TPSA) is 49.9 Å². The van der Waals surface area contributed by atoms with E-state index in [4.69, 9.17) is 4.74 Å². The van der Waals surface area contributed by atoms with Crippen LogP contribution < -0.4 is 0 Å². The van der Waals surface area contributed by atoms with Gasteiger partial charge in [-0.05, 0) is 43.0 Å². The lowest BCUT2D eigenvalue weighted by molar-refractivity contribution is -0.142. The molecule has 6 heteroatoms. The first-order valence-electron chi connectivity index (χ1n) is 11.9. The second-order valence-corrected chi connectivity index (χ2v) is 10.2. The van der Waals surface area contributed by atoms with Gasteiger partial charge < -0.3 is 14.5 Å². The highest BCUT2D eigenvalue weighted by Gasteiger charge is 2.26. The van der Waals surface area contributed by atoms with Crippen LogP contribution in [0.1, 0.15) is 33.7 Å².